The van der Waals surface area contributed by atoms with Gasteiger partial charge in [0.05, 0.1) is 5.69 Å². The number of rotatable bonds is 8. The van der Waals surface area contributed by atoms with E-state index in [1.54, 1.807) is 0 Å². The summed E-state index contributed by atoms with van der Waals surface area (Å²) in [5.41, 5.74) is 15.7. The number of benzene rings is 8. The van der Waals surface area contributed by atoms with Crippen molar-refractivity contribution in [2.45, 2.75) is 26.2 Å². The fraction of sp³-hybridized carbons (Fsp3) is 0.0769. The van der Waals surface area contributed by atoms with Crippen molar-refractivity contribution in [2.75, 3.05) is 9.80 Å². The molecule has 0 heterocycles. The zero-order chi connectivity index (χ0) is 36.6. The first-order valence-electron chi connectivity index (χ1n) is 18.8. The monoisotopic (exact) mass is 694 g/mol. The van der Waals surface area contributed by atoms with Crippen LogP contribution in [-0.4, -0.2) is 0 Å². The van der Waals surface area contributed by atoms with Gasteiger partial charge in [-0.25, -0.2) is 0 Å². The highest BCUT2D eigenvalue weighted by Gasteiger charge is 2.36. The number of hydrogen-bond acceptors (Lipinski definition) is 2. The van der Waals surface area contributed by atoms with Gasteiger partial charge in [0.15, 0.2) is 0 Å². The molecule has 1 aliphatic carbocycles. The Morgan fingerprint density at radius 3 is 1.65 bits per heavy atom. The van der Waals surface area contributed by atoms with Crippen LogP contribution < -0.4 is 9.80 Å². The lowest BCUT2D eigenvalue weighted by molar-refractivity contribution is 0.660. The fourth-order valence-electron chi connectivity index (χ4n) is 8.14. The molecular formula is C52H42N2. The Kier molecular flexibility index (Phi) is 8.44. The molecule has 0 saturated heterocycles. The van der Waals surface area contributed by atoms with E-state index in [1.807, 2.05) is 0 Å². The van der Waals surface area contributed by atoms with Crippen molar-refractivity contribution in [3.63, 3.8) is 0 Å². The van der Waals surface area contributed by atoms with E-state index in [-0.39, 0.29) is 5.41 Å². The van der Waals surface area contributed by atoms with Crippen LogP contribution in [0.3, 0.4) is 0 Å². The molecule has 2 heteroatoms. The molecular weight excluding hydrogens is 653 g/mol. The molecule has 260 valence electrons. The summed E-state index contributed by atoms with van der Waals surface area (Å²) in [6.45, 7) is 6.94. The molecule has 0 N–H and O–H groups in total. The molecule has 0 radical (unpaired) electrons. The largest absolute Gasteiger partial charge is 0.311 e. The summed E-state index contributed by atoms with van der Waals surface area (Å²) in [4.78, 5) is 4.73. The second-order valence-corrected chi connectivity index (χ2v) is 14.7. The van der Waals surface area contributed by atoms with Gasteiger partial charge in [-0.3, -0.25) is 0 Å². The molecule has 0 bridgehead atoms. The van der Waals surface area contributed by atoms with Gasteiger partial charge in [-0.05, 0) is 112 Å². The Labute approximate surface area is 318 Å². The number of para-hydroxylation sites is 3. The van der Waals surface area contributed by atoms with Crippen LogP contribution in [0.15, 0.2) is 188 Å². The number of fused-ring (bicyclic) bond motifs is 4. The van der Waals surface area contributed by atoms with E-state index in [0.717, 1.165) is 22.6 Å². The number of nitrogens with zero attached hydrogens (tertiary/aromatic N) is 2. The maximum Gasteiger partial charge on any atom is 0.0540 e. The predicted molar refractivity (Wildman–Crippen MR) is 231 cm³/mol. The number of hydrogen-bond donors (Lipinski definition) is 0. The topological polar surface area (TPSA) is 6.48 Å². The van der Waals surface area contributed by atoms with E-state index < -0.39 is 0 Å². The Bertz CT molecular complexity index is 2590. The van der Waals surface area contributed by atoms with Crippen LogP contribution in [0.5, 0.6) is 0 Å². The Morgan fingerprint density at radius 2 is 0.926 bits per heavy atom. The Hall–Kier alpha value is -6.64. The molecule has 8 aromatic carbocycles. The predicted octanol–water partition coefficient (Wildman–Crippen LogP) is 14.6. The minimum atomic E-state index is -0.166. The summed E-state index contributed by atoms with van der Waals surface area (Å²) < 4.78 is 0. The summed E-state index contributed by atoms with van der Waals surface area (Å²) in [5.74, 6) is 0. The van der Waals surface area contributed by atoms with Gasteiger partial charge >= 0.3 is 0 Å². The Balaban J connectivity index is 1.03. The maximum atomic E-state index is 2.44. The van der Waals surface area contributed by atoms with Crippen LogP contribution in [0.25, 0.3) is 34.1 Å². The molecule has 1 aliphatic rings. The smallest absolute Gasteiger partial charge is 0.0540 e. The first-order valence-corrected chi connectivity index (χ1v) is 18.8. The standard InChI is InChI=1S/C52H42N2/c1-37-15-10-13-23-50(37)54(51-24-14-17-40-16-11-12-22-45(40)51)44-32-34-47-46-33-29-39(35-48(46)52(2,3)49(47)36-44)26-25-38-27-30-43(31-28-38)53(41-18-6-4-7-19-41)42-20-8-5-9-21-42/h4-36H,1-3H3. The molecule has 0 aliphatic heterocycles. The summed E-state index contributed by atoms with van der Waals surface area (Å²) in [6, 6.07) is 67.9. The minimum absolute atomic E-state index is 0.166. The molecule has 8 aromatic rings. The van der Waals surface area contributed by atoms with Crippen molar-refractivity contribution in [3.8, 4) is 11.1 Å². The Morgan fingerprint density at radius 1 is 0.407 bits per heavy atom. The van der Waals surface area contributed by atoms with Crippen molar-refractivity contribution in [1.82, 2.24) is 0 Å². The zero-order valence-electron chi connectivity index (χ0n) is 30.9. The van der Waals surface area contributed by atoms with Crippen LogP contribution >= 0.6 is 0 Å². The molecule has 54 heavy (non-hydrogen) atoms. The van der Waals surface area contributed by atoms with E-state index >= 15 is 0 Å². The first-order chi connectivity index (χ1) is 26.5. The van der Waals surface area contributed by atoms with Crippen LogP contribution in [0.1, 0.15) is 41.7 Å². The third-order valence-corrected chi connectivity index (χ3v) is 11.0. The average Bonchev–Trinajstić information content (AvgIpc) is 3.44. The van der Waals surface area contributed by atoms with Crippen molar-refractivity contribution in [3.05, 3.63) is 216 Å². The molecule has 2 nitrogen and oxygen atoms in total. The van der Waals surface area contributed by atoms with Crippen LogP contribution in [-0.2, 0) is 5.41 Å². The van der Waals surface area contributed by atoms with Gasteiger partial charge in [-0.2, -0.15) is 0 Å². The zero-order valence-corrected chi connectivity index (χ0v) is 30.9. The van der Waals surface area contributed by atoms with Gasteiger partial charge in [0.2, 0.25) is 0 Å². The normalized spacial score (nSPS) is 12.8. The molecule has 0 atom stereocenters. The van der Waals surface area contributed by atoms with Gasteiger partial charge in [0.25, 0.3) is 0 Å². The van der Waals surface area contributed by atoms with Crippen molar-refractivity contribution in [1.29, 1.82) is 0 Å². The number of aryl methyl sites for hydroxylation is 1. The van der Waals surface area contributed by atoms with Gasteiger partial charge in [-0.1, -0.05) is 153 Å². The maximum absolute atomic E-state index is 2.44. The lowest BCUT2D eigenvalue weighted by Gasteiger charge is -2.30. The lowest BCUT2D eigenvalue weighted by Crippen LogP contribution is -2.17. The molecule has 0 fully saturated rings. The summed E-state index contributed by atoms with van der Waals surface area (Å²) in [6.07, 6.45) is 4.46. The van der Waals surface area contributed by atoms with E-state index in [2.05, 4.69) is 231 Å². The summed E-state index contributed by atoms with van der Waals surface area (Å²) >= 11 is 0. The third-order valence-electron chi connectivity index (χ3n) is 11.0. The SMILES string of the molecule is Cc1ccccc1N(c1ccc2c(c1)C(C)(C)c1cc(C=Cc3ccc(N(c4ccccc4)c4ccccc4)cc3)ccc1-2)c1cccc2ccccc12. The second-order valence-electron chi connectivity index (χ2n) is 14.7. The summed E-state index contributed by atoms with van der Waals surface area (Å²) in [7, 11) is 0. The fourth-order valence-corrected chi connectivity index (χ4v) is 8.14. The molecule has 0 aromatic heterocycles. The van der Waals surface area contributed by atoms with E-state index in [0.29, 0.717) is 0 Å². The highest BCUT2D eigenvalue weighted by molar-refractivity contribution is 5.99. The number of anilines is 6. The van der Waals surface area contributed by atoms with Gasteiger partial charge < -0.3 is 9.80 Å². The molecule has 0 spiro atoms. The highest BCUT2D eigenvalue weighted by Crippen LogP contribution is 2.51. The van der Waals surface area contributed by atoms with E-state index in [1.165, 1.54) is 61.2 Å². The van der Waals surface area contributed by atoms with Crippen molar-refractivity contribution >= 4 is 57.0 Å². The highest BCUT2D eigenvalue weighted by atomic mass is 15.1. The lowest BCUT2D eigenvalue weighted by atomic mass is 9.81. The van der Waals surface area contributed by atoms with Crippen LogP contribution in [0.4, 0.5) is 34.1 Å². The van der Waals surface area contributed by atoms with Gasteiger partial charge in [0.1, 0.15) is 0 Å². The molecule has 9 rings (SSSR count). The first kappa shape index (κ1) is 33.2. The minimum Gasteiger partial charge on any atom is -0.311 e. The van der Waals surface area contributed by atoms with Crippen LogP contribution in [0.2, 0.25) is 0 Å². The summed E-state index contributed by atoms with van der Waals surface area (Å²) in [5, 5.41) is 2.47. The molecule has 0 saturated carbocycles. The van der Waals surface area contributed by atoms with E-state index in [9.17, 15) is 0 Å². The molecule has 0 amide bonds. The average molecular weight is 695 g/mol. The van der Waals surface area contributed by atoms with Gasteiger partial charge in [-0.15, -0.1) is 0 Å². The second kappa shape index (κ2) is 13.7. The van der Waals surface area contributed by atoms with Crippen LogP contribution in [0, 0.1) is 6.92 Å². The van der Waals surface area contributed by atoms with Crippen molar-refractivity contribution < 1.29 is 0 Å². The van der Waals surface area contributed by atoms with Gasteiger partial charge in [0, 0.05) is 39.2 Å². The third kappa shape index (κ3) is 5.96. The molecule has 0 unspecified atom stereocenters. The van der Waals surface area contributed by atoms with Crippen molar-refractivity contribution in [2.24, 2.45) is 0 Å². The quantitative estimate of drug-likeness (QED) is 0.146. The van der Waals surface area contributed by atoms with E-state index in [4.69, 9.17) is 0 Å².